The Morgan fingerprint density at radius 1 is 1.44 bits per heavy atom. The minimum Gasteiger partial charge on any atom is -0.393 e. The van der Waals surface area contributed by atoms with Crippen molar-refractivity contribution in [3.05, 3.63) is 17.0 Å². The zero-order chi connectivity index (χ0) is 13.2. The van der Waals surface area contributed by atoms with Crippen LogP contribution < -0.4 is 4.72 Å². The van der Waals surface area contributed by atoms with Gasteiger partial charge in [0.1, 0.15) is 4.21 Å². The van der Waals surface area contributed by atoms with E-state index in [0.717, 1.165) is 30.6 Å². The SMILES string of the molecule is CCc1ccc(S(=O)(=O)NCC2CCCC2O)s1. The Hall–Kier alpha value is -0.430. The Labute approximate surface area is 112 Å². The van der Waals surface area contributed by atoms with Gasteiger partial charge in [0.05, 0.1) is 6.10 Å². The molecule has 2 N–H and O–H groups in total. The highest BCUT2D eigenvalue weighted by atomic mass is 32.2. The van der Waals surface area contributed by atoms with Gasteiger partial charge in [0.15, 0.2) is 0 Å². The number of aliphatic hydroxyl groups excluding tert-OH is 1. The number of hydrogen-bond donors (Lipinski definition) is 2. The summed E-state index contributed by atoms with van der Waals surface area (Å²) in [4.78, 5) is 1.07. The van der Waals surface area contributed by atoms with E-state index in [1.54, 1.807) is 6.07 Å². The average molecular weight is 289 g/mol. The number of rotatable bonds is 5. The molecule has 0 bridgehead atoms. The van der Waals surface area contributed by atoms with Crippen LogP contribution in [0.25, 0.3) is 0 Å². The van der Waals surface area contributed by atoms with E-state index in [1.807, 2.05) is 13.0 Å². The van der Waals surface area contributed by atoms with Gasteiger partial charge in [-0.2, -0.15) is 0 Å². The molecule has 6 heteroatoms. The maximum Gasteiger partial charge on any atom is 0.250 e. The van der Waals surface area contributed by atoms with Gasteiger partial charge in [0.25, 0.3) is 0 Å². The van der Waals surface area contributed by atoms with Gasteiger partial charge in [-0.3, -0.25) is 0 Å². The molecule has 0 spiro atoms. The van der Waals surface area contributed by atoms with Crippen molar-refractivity contribution < 1.29 is 13.5 Å². The first kappa shape index (κ1) is 14.0. The van der Waals surface area contributed by atoms with Crippen LogP contribution in [0.3, 0.4) is 0 Å². The van der Waals surface area contributed by atoms with E-state index in [1.165, 1.54) is 11.3 Å². The maximum atomic E-state index is 12.0. The predicted molar refractivity (Wildman–Crippen MR) is 72.2 cm³/mol. The highest BCUT2D eigenvalue weighted by Gasteiger charge is 2.27. The number of aryl methyl sites for hydroxylation is 1. The van der Waals surface area contributed by atoms with Crippen molar-refractivity contribution in [3.63, 3.8) is 0 Å². The quantitative estimate of drug-likeness (QED) is 0.868. The molecule has 1 aliphatic rings. The molecule has 2 atom stereocenters. The van der Waals surface area contributed by atoms with Gasteiger partial charge >= 0.3 is 0 Å². The van der Waals surface area contributed by atoms with E-state index >= 15 is 0 Å². The molecule has 1 heterocycles. The molecule has 1 fully saturated rings. The van der Waals surface area contributed by atoms with Crippen LogP contribution in [0.1, 0.15) is 31.1 Å². The molecule has 1 aromatic rings. The van der Waals surface area contributed by atoms with Crippen molar-refractivity contribution in [2.45, 2.75) is 42.9 Å². The Bertz CT molecular complexity index is 495. The van der Waals surface area contributed by atoms with Crippen molar-refractivity contribution in [3.8, 4) is 0 Å². The zero-order valence-corrected chi connectivity index (χ0v) is 12.1. The largest absolute Gasteiger partial charge is 0.393 e. The fourth-order valence-corrected chi connectivity index (χ4v) is 4.67. The van der Waals surface area contributed by atoms with Crippen molar-refractivity contribution in [1.29, 1.82) is 0 Å². The lowest BCUT2D eigenvalue weighted by atomic mass is 10.1. The molecule has 1 aromatic heterocycles. The molecule has 1 saturated carbocycles. The van der Waals surface area contributed by atoms with E-state index in [-0.39, 0.29) is 12.0 Å². The second kappa shape index (κ2) is 5.69. The molecule has 0 aliphatic heterocycles. The summed E-state index contributed by atoms with van der Waals surface area (Å²) in [6.07, 6.45) is 3.15. The van der Waals surface area contributed by atoms with Crippen LogP contribution >= 0.6 is 11.3 Å². The number of aliphatic hydroxyl groups is 1. The average Bonchev–Trinajstić information content (AvgIpc) is 2.95. The molecule has 0 radical (unpaired) electrons. The topological polar surface area (TPSA) is 66.4 Å². The van der Waals surface area contributed by atoms with Gasteiger partial charge in [-0.15, -0.1) is 11.3 Å². The standard InChI is InChI=1S/C12H19NO3S2/c1-2-10-6-7-12(17-10)18(15,16)13-8-9-4-3-5-11(9)14/h6-7,9,11,13-14H,2-5,8H2,1H3. The Balaban J connectivity index is 1.98. The third kappa shape index (κ3) is 3.12. The van der Waals surface area contributed by atoms with E-state index in [2.05, 4.69) is 4.72 Å². The first-order valence-corrected chi connectivity index (χ1v) is 8.59. The lowest BCUT2D eigenvalue weighted by Crippen LogP contribution is -2.32. The summed E-state index contributed by atoms with van der Waals surface area (Å²) in [6, 6.07) is 3.50. The summed E-state index contributed by atoms with van der Waals surface area (Å²) in [5, 5.41) is 9.67. The molecule has 0 amide bonds. The highest BCUT2D eigenvalue weighted by Crippen LogP contribution is 2.26. The smallest absolute Gasteiger partial charge is 0.250 e. The molecule has 0 saturated heterocycles. The first-order valence-electron chi connectivity index (χ1n) is 6.29. The van der Waals surface area contributed by atoms with Gasteiger partial charge < -0.3 is 5.11 Å². The molecule has 18 heavy (non-hydrogen) atoms. The van der Waals surface area contributed by atoms with Crippen LogP contribution in [0.5, 0.6) is 0 Å². The Morgan fingerprint density at radius 2 is 2.22 bits per heavy atom. The monoisotopic (exact) mass is 289 g/mol. The van der Waals surface area contributed by atoms with E-state index in [4.69, 9.17) is 0 Å². The van der Waals surface area contributed by atoms with E-state index in [0.29, 0.717) is 10.8 Å². The normalized spacial score (nSPS) is 24.6. The minimum absolute atomic E-state index is 0.0605. The van der Waals surface area contributed by atoms with Gasteiger partial charge in [0.2, 0.25) is 10.0 Å². The summed E-state index contributed by atoms with van der Waals surface area (Å²) in [5.74, 6) is 0.0605. The number of hydrogen-bond acceptors (Lipinski definition) is 4. The number of nitrogens with one attached hydrogen (secondary N) is 1. The minimum atomic E-state index is -3.40. The van der Waals surface area contributed by atoms with Crippen molar-refractivity contribution in [2.75, 3.05) is 6.54 Å². The molecular formula is C12H19NO3S2. The number of sulfonamides is 1. The van der Waals surface area contributed by atoms with Crippen molar-refractivity contribution in [2.24, 2.45) is 5.92 Å². The molecule has 1 aliphatic carbocycles. The summed E-state index contributed by atoms with van der Waals surface area (Å²) in [5.41, 5.74) is 0. The van der Waals surface area contributed by atoms with Gasteiger partial charge in [-0.25, -0.2) is 13.1 Å². The highest BCUT2D eigenvalue weighted by molar-refractivity contribution is 7.91. The summed E-state index contributed by atoms with van der Waals surface area (Å²) in [7, 11) is -3.40. The number of thiophene rings is 1. The molecule has 4 nitrogen and oxygen atoms in total. The first-order chi connectivity index (χ1) is 8.53. The van der Waals surface area contributed by atoms with Crippen molar-refractivity contribution >= 4 is 21.4 Å². The molecule has 2 unspecified atom stereocenters. The van der Waals surface area contributed by atoms with E-state index in [9.17, 15) is 13.5 Å². The molecular weight excluding hydrogens is 270 g/mol. The van der Waals surface area contributed by atoms with Crippen molar-refractivity contribution in [1.82, 2.24) is 4.72 Å². The molecule has 2 rings (SSSR count). The van der Waals surface area contributed by atoms with E-state index < -0.39 is 10.0 Å². The van der Waals surface area contributed by atoms with Crippen LogP contribution in [-0.4, -0.2) is 26.2 Å². The summed E-state index contributed by atoms with van der Waals surface area (Å²) in [6.45, 7) is 2.34. The van der Waals surface area contributed by atoms with Crippen LogP contribution in [-0.2, 0) is 16.4 Å². The van der Waals surface area contributed by atoms with Crippen LogP contribution in [0.4, 0.5) is 0 Å². The summed E-state index contributed by atoms with van der Waals surface area (Å²) < 4.78 is 27.1. The fourth-order valence-electron chi connectivity index (χ4n) is 2.24. The third-order valence-electron chi connectivity index (χ3n) is 3.40. The second-order valence-corrected chi connectivity index (χ2v) is 7.85. The predicted octanol–water partition coefficient (Wildman–Crippen LogP) is 1.75. The zero-order valence-electron chi connectivity index (χ0n) is 10.4. The fraction of sp³-hybridized carbons (Fsp3) is 0.667. The lowest BCUT2D eigenvalue weighted by Gasteiger charge is -2.14. The van der Waals surface area contributed by atoms with Gasteiger partial charge in [0, 0.05) is 11.4 Å². The van der Waals surface area contributed by atoms with Gasteiger partial charge in [-0.05, 0) is 37.3 Å². The summed E-state index contributed by atoms with van der Waals surface area (Å²) >= 11 is 1.31. The molecule has 102 valence electrons. The van der Waals surface area contributed by atoms with Crippen LogP contribution in [0, 0.1) is 5.92 Å². The van der Waals surface area contributed by atoms with Crippen LogP contribution in [0.15, 0.2) is 16.3 Å². The Morgan fingerprint density at radius 3 is 2.78 bits per heavy atom. The maximum absolute atomic E-state index is 12.0. The molecule has 0 aromatic carbocycles. The Kier molecular flexibility index (Phi) is 4.42. The lowest BCUT2D eigenvalue weighted by molar-refractivity contribution is 0.134. The second-order valence-electron chi connectivity index (χ2n) is 4.68. The van der Waals surface area contributed by atoms with Crippen LogP contribution in [0.2, 0.25) is 0 Å². The van der Waals surface area contributed by atoms with Gasteiger partial charge in [-0.1, -0.05) is 13.3 Å². The third-order valence-corrected chi connectivity index (χ3v) is 6.55.